The maximum Gasteiger partial charge on any atom is 0.355 e. The first-order valence-electron chi connectivity index (χ1n) is 5.31. The summed E-state index contributed by atoms with van der Waals surface area (Å²) in [6.07, 6.45) is 3.38. The van der Waals surface area contributed by atoms with Crippen molar-refractivity contribution < 1.29 is 13.5 Å². The minimum absolute atomic E-state index is 0.215. The van der Waals surface area contributed by atoms with Crippen LogP contribution in [0.25, 0.3) is 0 Å². The summed E-state index contributed by atoms with van der Waals surface area (Å²) in [5.74, 6) is 1.44. The van der Waals surface area contributed by atoms with Gasteiger partial charge in [-0.1, -0.05) is 19.1 Å². The van der Waals surface area contributed by atoms with Crippen LogP contribution in [-0.4, -0.2) is 12.7 Å². The lowest BCUT2D eigenvalue weighted by atomic mass is 9.95. The molecule has 1 fully saturated rings. The van der Waals surface area contributed by atoms with Gasteiger partial charge >= 0.3 is 6.11 Å². The zero-order valence-electron chi connectivity index (χ0n) is 8.38. The van der Waals surface area contributed by atoms with Gasteiger partial charge in [0.15, 0.2) is 0 Å². The number of halogens is 2. The molecule has 2 aliphatic carbocycles. The fraction of sp³-hybridized carbons (Fsp3) is 0.818. The third kappa shape index (κ3) is 1.97. The molecular weight excluding hydrogens is 186 g/mol. The van der Waals surface area contributed by atoms with Gasteiger partial charge in [-0.3, -0.25) is 0 Å². The Kier molecular flexibility index (Phi) is 2.60. The Bertz CT molecular complexity index is 237. The van der Waals surface area contributed by atoms with Crippen molar-refractivity contribution in [1.29, 1.82) is 0 Å². The van der Waals surface area contributed by atoms with Gasteiger partial charge in [-0.2, -0.15) is 8.78 Å². The fourth-order valence-corrected chi connectivity index (χ4v) is 2.42. The molecule has 2 aliphatic rings. The van der Waals surface area contributed by atoms with E-state index < -0.39 is 6.11 Å². The molecule has 0 spiro atoms. The van der Waals surface area contributed by atoms with E-state index in [0.717, 1.165) is 12.8 Å². The third-order valence-corrected chi connectivity index (χ3v) is 3.34. The van der Waals surface area contributed by atoms with Gasteiger partial charge in [0.1, 0.15) is 0 Å². The number of ether oxygens (including phenoxy) is 1. The van der Waals surface area contributed by atoms with E-state index in [1.165, 1.54) is 6.92 Å². The highest BCUT2D eigenvalue weighted by Gasteiger charge is 2.38. The standard InChI is InChI=1S/C11H16F2O/c1-2-11(12,13)14-7-10-6-8-3-4-9(10)5-8/h3-4,8-10H,2,5-7H2,1H3. The first-order valence-corrected chi connectivity index (χ1v) is 5.31. The summed E-state index contributed by atoms with van der Waals surface area (Å²) in [7, 11) is 0. The molecule has 0 saturated heterocycles. The van der Waals surface area contributed by atoms with Crippen molar-refractivity contribution in [3.05, 3.63) is 12.2 Å². The number of hydrogen-bond donors (Lipinski definition) is 0. The lowest BCUT2D eigenvalue weighted by Crippen LogP contribution is -2.25. The van der Waals surface area contributed by atoms with Crippen molar-refractivity contribution in [2.75, 3.05) is 6.61 Å². The zero-order chi connectivity index (χ0) is 10.2. The van der Waals surface area contributed by atoms with Crippen LogP contribution in [0.1, 0.15) is 26.2 Å². The first-order chi connectivity index (χ1) is 6.61. The van der Waals surface area contributed by atoms with Crippen LogP contribution in [0.2, 0.25) is 0 Å². The molecule has 3 heteroatoms. The minimum atomic E-state index is -2.93. The summed E-state index contributed by atoms with van der Waals surface area (Å²) in [5.41, 5.74) is 0. The van der Waals surface area contributed by atoms with Crippen molar-refractivity contribution in [1.82, 2.24) is 0 Å². The third-order valence-electron chi connectivity index (χ3n) is 3.34. The SMILES string of the molecule is CCC(F)(F)OCC1CC2C=CC1C2. The van der Waals surface area contributed by atoms with Crippen LogP contribution in [0.3, 0.4) is 0 Å². The normalized spacial score (nSPS) is 35.5. The van der Waals surface area contributed by atoms with Crippen LogP contribution in [-0.2, 0) is 4.74 Å². The summed E-state index contributed by atoms with van der Waals surface area (Å²) in [6, 6.07) is 0. The summed E-state index contributed by atoms with van der Waals surface area (Å²) >= 11 is 0. The molecular formula is C11H16F2O. The molecule has 3 unspecified atom stereocenters. The highest BCUT2D eigenvalue weighted by atomic mass is 19.3. The van der Waals surface area contributed by atoms with Gasteiger partial charge in [0.25, 0.3) is 0 Å². The largest absolute Gasteiger partial charge is 0.355 e. The first kappa shape index (κ1) is 10.1. The molecule has 0 radical (unpaired) electrons. The summed E-state index contributed by atoms with van der Waals surface area (Å²) in [5, 5.41) is 0. The molecule has 0 N–H and O–H groups in total. The van der Waals surface area contributed by atoms with E-state index in [0.29, 0.717) is 17.8 Å². The van der Waals surface area contributed by atoms with Crippen molar-refractivity contribution in [2.24, 2.45) is 17.8 Å². The average Bonchev–Trinajstić information content (AvgIpc) is 2.76. The van der Waals surface area contributed by atoms with Crippen LogP contribution in [0.15, 0.2) is 12.2 Å². The Morgan fingerprint density at radius 2 is 2.14 bits per heavy atom. The Hall–Kier alpha value is -0.440. The second kappa shape index (κ2) is 3.61. The lowest BCUT2D eigenvalue weighted by molar-refractivity contribution is -0.246. The van der Waals surface area contributed by atoms with E-state index in [1.807, 2.05) is 0 Å². The molecule has 0 heterocycles. The molecule has 2 rings (SSSR count). The number of hydrogen-bond acceptors (Lipinski definition) is 1. The van der Waals surface area contributed by atoms with Gasteiger partial charge in [0, 0.05) is 6.42 Å². The Morgan fingerprint density at radius 3 is 2.64 bits per heavy atom. The van der Waals surface area contributed by atoms with Gasteiger partial charge in [0.05, 0.1) is 6.61 Å². The average molecular weight is 202 g/mol. The Balaban J connectivity index is 1.80. The number of alkyl halides is 2. The number of rotatable bonds is 4. The van der Waals surface area contributed by atoms with Gasteiger partial charge in [-0.05, 0) is 30.6 Å². The Morgan fingerprint density at radius 1 is 1.36 bits per heavy atom. The van der Waals surface area contributed by atoms with Crippen LogP contribution < -0.4 is 0 Å². The number of fused-ring (bicyclic) bond motifs is 2. The van der Waals surface area contributed by atoms with E-state index in [9.17, 15) is 8.78 Å². The monoisotopic (exact) mass is 202 g/mol. The van der Waals surface area contributed by atoms with E-state index >= 15 is 0 Å². The second-order valence-electron chi connectivity index (χ2n) is 4.34. The van der Waals surface area contributed by atoms with Crippen molar-refractivity contribution in [3.8, 4) is 0 Å². The Labute approximate surface area is 83.1 Å². The quantitative estimate of drug-likeness (QED) is 0.636. The van der Waals surface area contributed by atoms with Crippen molar-refractivity contribution in [2.45, 2.75) is 32.3 Å². The zero-order valence-corrected chi connectivity index (χ0v) is 8.38. The summed E-state index contributed by atoms with van der Waals surface area (Å²) in [6.45, 7) is 1.66. The molecule has 80 valence electrons. The van der Waals surface area contributed by atoms with Crippen molar-refractivity contribution in [3.63, 3.8) is 0 Å². The molecule has 1 nitrogen and oxygen atoms in total. The summed E-state index contributed by atoms with van der Waals surface area (Å²) < 4.78 is 30.3. The van der Waals surface area contributed by atoms with E-state index in [2.05, 4.69) is 16.9 Å². The van der Waals surface area contributed by atoms with Crippen molar-refractivity contribution >= 4 is 0 Å². The molecule has 2 bridgehead atoms. The van der Waals surface area contributed by atoms with Gasteiger partial charge in [-0.25, -0.2) is 0 Å². The maximum absolute atomic E-state index is 12.8. The van der Waals surface area contributed by atoms with Crippen LogP contribution >= 0.6 is 0 Å². The fourth-order valence-electron chi connectivity index (χ4n) is 2.42. The van der Waals surface area contributed by atoms with Crippen LogP contribution in [0, 0.1) is 17.8 Å². The van der Waals surface area contributed by atoms with E-state index in [4.69, 9.17) is 0 Å². The van der Waals surface area contributed by atoms with Gasteiger partial charge < -0.3 is 4.74 Å². The van der Waals surface area contributed by atoms with E-state index in [-0.39, 0.29) is 13.0 Å². The topological polar surface area (TPSA) is 9.23 Å². The molecule has 1 saturated carbocycles. The molecule has 0 aromatic carbocycles. The summed E-state index contributed by atoms with van der Waals surface area (Å²) in [4.78, 5) is 0. The number of allylic oxidation sites excluding steroid dienone is 2. The smallest absolute Gasteiger partial charge is 0.320 e. The second-order valence-corrected chi connectivity index (χ2v) is 4.34. The predicted molar refractivity (Wildman–Crippen MR) is 50.0 cm³/mol. The highest BCUT2D eigenvalue weighted by Crippen LogP contribution is 2.43. The molecule has 0 aromatic heterocycles. The van der Waals surface area contributed by atoms with Gasteiger partial charge in [0.2, 0.25) is 0 Å². The van der Waals surface area contributed by atoms with Crippen LogP contribution in [0.4, 0.5) is 8.78 Å². The molecule has 0 aliphatic heterocycles. The highest BCUT2D eigenvalue weighted by molar-refractivity contribution is 5.09. The van der Waals surface area contributed by atoms with E-state index in [1.54, 1.807) is 0 Å². The molecule has 3 atom stereocenters. The maximum atomic E-state index is 12.8. The lowest BCUT2D eigenvalue weighted by Gasteiger charge is -2.21. The van der Waals surface area contributed by atoms with Gasteiger partial charge in [-0.15, -0.1) is 0 Å². The molecule has 0 aromatic rings. The molecule has 0 amide bonds. The van der Waals surface area contributed by atoms with Crippen LogP contribution in [0.5, 0.6) is 0 Å². The molecule has 14 heavy (non-hydrogen) atoms. The minimum Gasteiger partial charge on any atom is -0.320 e. The predicted octanol–water partition coefficient (Wildman–Crippen LogP) is 3.22.